The molecule has 0 bridgehead atoms. The van der Waals surface area contributed by atoms with Crippen molar-refractivity contribution in [3.63, 3.8) is 0 Å². The molecule has 152 valence electrons. The zero-order chi connectivity index (χ0) is 21.3. The molecule has 4 rings (SSSR count). The van der Waals surface area contributed by atoms with Gasteiger partial charge in [-0.25, -0.2) is 4.79 Å². The van der Waals surface area contributed by atoms with Crippen molar-refractivity contribution in [2.24, 2.45) is 0 Å². The molecule has 0 aromatic heterocycles. The van der Waals surface area contributed by atoms with Gasteiger partial charge in [-0.15, -0.1) is 0 Å². The van der Waals surface area contributed by atoms with Gasteiger partial charge in [0.15, 0.2) is 0 Å². The van der Waals surface area contributed by atoms with E-state index in [0.29, 0.717) is 29.3 Å². The van der Waals surface area contributed by atoms with Crippen LogP contribution in [0.3, 0.4) is 0 Å². The summed E-state index contributed by atoms with van der Waals surface area (Å²) in [7, 11) is 0. The van der Waals surface area contributed by atoms with E-state index in [4.69, 9.17) is 11.6 Å². The number of carbonyl (C=O) groups is 2. The number of ketones is 1. The number of aliphatic hydroxyl groups excluding tert-OH is 1. The fourth-order valence-corrected chi connectivity index (χ4v) is 4.21. The minimum absolute atomic E-state index is 0.0884. The van der Waals surface area contributed by atoms with E-state index in [-0.39, 0.29) is 11.6 Å². The van der Waals surface area contributed by atoms with E-state index in [1.165, 1.54) is 0 Å². The predicted molar refractivity (Wildman–Crippen MR) is 115 cm³/mol. The molecule has 0 amide bonds. The molecule has 1 heterocycles. The third kappa shape index (κ3) is 3.70. The predicted octanol–water partition coefficient (Wildman–Crippen LogP) is 3.84. The molecule has 6 heteroatoms. The lowest BCUT2D eigenvalue weighted by molar-refractivity contribution is -0.147. The maximum absolute atomic E-state index is 12.6. The van der Waals surface area contributed by atoms with Crippen molar-refractivity contribution in [3.8, 4) is 0 Å². The van der Waals surface area contributed by atoms with Crippen LogP contribution < -0.4 is 0 Å². The number of benzene rings is 2. The third-order valence-corrected chi connectivity index (χ3v) is 5.73. The van der Waals surface area contributed by atoms with Gasteiger partial charge in [0.2, 0.25) is 0 Å². The Bertz CT molecular complexity index is 1080. The van der Waals surface area contributed by atoms with Crippen LogP contribution in [0, 0.1) is 0 Å². The van der Waals surface area contributed by atoms with Crippen molar-refractivity contribution in [1.82, 2.24) is 4.90 Å². The van der Waals surface area contributed by atoms with Crippen molar-refractivity contribution in [3.05, 3.63) is 99.7 Å². The first kappa shape index (κ1) is 20.1. The highest BCUT2D eigenvalue weighted by atomic mass is 35.5. The SMILES string of the molecule is O=C(O)C(=O)C1=C(CO)N(Cc2ccccc2)C2CC=C(c3ccc(Cl)cc3)C=C12. The summed E-state index contributed by atoms with van der Waals surface area (Å²) < 4.78 is 0. The lowest BCUT2D eigenvalue weighted by atomic mass is 9.87. The fraction of sp³-hybridized carbons (Fsp3) is 0.167. The summed E-state index contributed by atoms with van der Waals surface area (Å²) in [6, 6.07) is 16.8. The first-order chi connectivity index (χ1) is 14.5. The van der Waals surface area contributed by atoms with Gasteiger partial charge in [-0.1, -0.05) is 60.1 Å². The second kappa shape index (κ2) is 8.30. The number of halogens is 1. The van der Waals surface area contributed by atoms with Gasteiger partial charge in [-0.2, -0.15) is 0 Å². The van der Waals surface area contributed by atoms with Crippen LogP contribution in [0.4, 0.5) is 0 Å². The summed E-state index contributed by atoms with van der Waals surface area (Å²) in [5.74, 6) is -2.53. The van der Waals surface area contributed by atoms with E-state index in [2.05, 4.69) is 6.08 Å². The maximum atomic E-state index is 12.6. The Morgan fingerprint density at radius 3 is 2.40 bits per heavy atom. The van der Waals surface area contributed by atoms with Gasteiger partial charge in [-0.3, -0.25) is 4.79 Å². The summed E-state index contributed by atoms with van der Waals surface area (Å²) in [4.78, 5) is 26.1. The molecule has 1 atom stereocenters. The Hall–Kier alpha value is -3.15. The van der Waals surface area contributed by atoms with E-state index in [1.54, 1.807) is 12.1 Å². The molecule has 2 aromatic carbocycles. The van der Waals surface area contributed by atoms with Crippen LogP contribution in [0.1, 0.15) is 17.5 Å². The molecule has 0 radical (unpaired) electrons. The molecule has 1 unspecified atom stereocenters. The van der Waals surface area contributed by atoms with Crippen LogP contribution in [-0.4, -0.2) is 39.5 Å². The highest BCUT2D eigenvalue weighted by Gasteiger charge is 2.41. The van der Waals surface area contributed by atoms with Crippen LogP contribution in [-0.2, 0) is 16.1 Å². The second-order valence-electron chi connectivity index (χ2n) is 7.25. The Labute approximate surface area is 179 Å². The molecule has 0 fully saturated rings. The average molecular weight is 422 g/mol. The number of carboxylic acids is 1. The Morgan fingerprint density at radius 2 is 1.77 bits per heavy atom. The molecule has 0 saturated carbocycles. The summed E-state index contributed by atoms with van der Waals surface area (Å²) >= 11 is 5.99. The van der Waals surface area contributed by atoms with Crippen molar-refractivity contribution in [1.29, 1.82) is 0 Å². The minimum atomic E-state index is -1.53. The Morgan fingerprint density at radius 1 is 1.07 bits per heavy atom. The molecule has 1 aliphatic carbocycles. The average Bonchev–Trinajstić information content (AvgIpc) is 3.06. The molecule has 0 spiro atoms. The van der Waals surface area contributed by atoms with Crippen LogP contribution in [0.25, 0.3) is 5.57 Å². The highest BCUT2D eigenvalue weighted by molar-refractivity contribution is 6.41. The van der Waals surface area contributed by atoms with Gasteiger partial charge < -0.3 is 15.1 Å². The zero-order valence-corrected chi connectivity index (χ0v) is 16.8. The zero-order valence-electron chi connectivity index (χ0n) is 16.1. The van der Waals surface area contributed by atoms with E-state index in [9.17, 15) is 19.8 Å². The van der Waals surface area contributed by atoms with Crippen molar-refractivity contribution in [2.45, 2.75) is 19.0 Å². The maximum Gasteiger partial charge on any atom is 0.377 e. The number of aliphatic carboxylic acids is 1. The largest absolute Gasteiger partial charge is 0.475 e. The van der Waals surface area contributed by atoms with Gasteiger partial charge in [0, 0.05) is 11.6 Å². The number of aliphatic hydroxyl groups is 1. The van der Waals surface area contributed by atoms with Gasteiger partial charge in [-0.05, 0) is 46.9 Å². The van der Waals surface area contributed by atoms with Crippen molar-refractivity contribution >= 4 is 28.9 Å². The molecule has 1 aliphatic heterocycles. The summed E-state index contributed by atoms with van der Waals surface area (Å²) in [6.07, 6.45) is 4.52. The Kier molecular flexibility index (Phi) is 5.57. The van der Waals surface area contributed by atoms with Crippen LogP contribution in [0.5, 0.6) is 0 Å². The molecule has 0 saturated heterocycles. The normalized spacial score (nSPS) is 18.1. The van der Waals surface area contributed by atoms with Gasteiger partial charge in [0.1, 0.15) is 0 Å². The Balaban J connectivity index is 1.78. The second-order valence-corrected chi connectivity index (χ2v) is 7.68. The van der Waals surface area contributed by atoms with Gasteiger partial charge in [0.25, 0.3) is 5.78 Å². The number of carboxylic acid groups (broad SMARTS) is 1. The lowest BCUT2D eigenvalue weighted by Gasteiger charge is -2.31. The number of nitrogens with zero attached hydrogens (tertiary/aromatic N) is 1. The monoisotopic (exact) mass is 421 g/mol. The number of fused-ring (bicyclic) bond motifs is 1. The first-order valence-corrected chi connectivity index (χ1v) is 9.97. The molecule has 2 N–H and O–H groups in total. The quantitative estimate of drug-likeness (QED) is 0.693. The molecule has 2 aliphatic rings. The number of hydrogen-bond donors (Lipinski definition) is 2. The molecule has 2 aromatic rings. The van der Waals surface area contributed by atoms with Gasteiger partial charge >= 0.3 is 5.97 Å². The van der Waals surface area contributed by atoms with Gasteiger partial charge in [0.05, 0.1) is 23.9 Å². The number of allylic oxidation sites excluding steroid dienone is 2. The summed E-state index contributed by atoms with van der Waals surface area (Å²) in [5.41, 5.74) is 3.92. The molecular weight excluding hydrogens is 402 g/mol. The third-order valence-electron chi connectivity index (χ3n) is 5.48. The first-order valence-electron chi connectivity index (χ1n) is 9.60. The topological polar surface area (TPSA) is 77.8 Å². The highest BCUT2D eigenvalue weighted by Crippen LogP contribution is 2.41. The van der Waals surface area contributed by atoms with E-state index >= 15 is 0 Å². The number of carbonyl (C=O) groups excluding carboxylic acids is 1. The van der Waals surface area contributed by atoms with Crippen LogP contribution in [0.2, 0.25) is 5.02 Å². The number of rotatable bonds is 6. The summed E-state index contributed by atoms with van der Waals surface area (Å²) in [6.45, 7) is 0.0601. The van der Waals surface area contributed by atoms with Crippen molar-refractivity contribution < 1.29 is 19.8 Å². The van der Waals surface area contributed by atoms with E-state index in [0.717, 1.165) is 16.7 Å². The fourth-order valence-electron chi connectivity index (χ4n) is 4.09. The van der Waals surface area contributed by atoms with E-state index < -0.39 is 18.4 Å². The molecule has 5 nitrogen and oxygen atoms in total. The number of Topliss-reactive ketones (excluding diaryl/α,β-unsaturated/α-hetero) is 1. The van der Waals surface area contributed by atoms with Crippen molar-refractivity contribution in [2.75, 3.05) is 6.61 Å². The molecule has 30 heavy (non-hydrogen) atoms. The van der Waals surface area contributed by atoms with E-state index in [1.807, 2.05) is 53.4 Å². The smallest absolute Gasteiger partial charge is 0.377 e. The number of hydrogen-bond acceptors (Lipinski definition) is 4. The standard InChI is InChI=1S/C24H20ClNO4/c25-18-9-6-16(7-10-18)17-8-11-20-19(12-17)22(23(28)24(29)30)21(14-27)26(20)13-15-4-2-1-3-5-15/h1-10,12,20,27H,11,13-14H2,(H,29,30). The summed E-state index contributed by atoms with van der Waals surface area (Å²) in [5, 5.41) is 20.1. The van der Waals surface area contributed by atoms with Crippen LogP contribution >= 0.6 is 11.6 Å². The molecular formula is C24H20ClNO4. The lowest BCUT2D eigenvalue weighted by Crippen LogP contribution is -2.32. The van der Waals surface area contributed by atoms with Crippen LogP contribution in [0.15, 0.2) is 83.6 Å². The minimum Gasteiger partial charge on any atom is -0.475 e.